The Bertz CT molecular complexity index is 283. The fourth-order valence-corrected chi connectivity index (χ4v) is 2.41. The average molecular weight is 242 g/mol. The Balaban J connectivity index is 2.54. The highest BCUT2D eigenvalue weighted by molar-refractivity contribution is 5.82. The molecule has 1 heterocycles. The summed E-state index contributed by atoms with van der Waals surface area (Å²) in [5.74, 6) is -0.0113. The van der Waals surface area contributed by atoms with E-state index in [0.717, 1.165) is 6.42 Å². The van der Waals surface area contributed by atoms with Crippen molar-refractivity contribution in [1.82, 2.24) is 10.2 Å². The standard InChI is InChI=1S/C12H22N2O3/c1-4-10(11(15)16)13-12(17)14-6-8(2)5-9(3)7-14/h8-10H,4-7H2,1-3H3,(H,13,17)(H,15,16)/t8?,9?,10-/m1/s1. The summed E-state index contributed by atoms with van der Waals surface area (Å²) in [7, 11) is 0. The molecule has 5 nitrogen and oxygen atoms in total. The lowest BCUT2D eigenvalue weighted by molar-refractivity contribution is -0.139. The van der Waals surface area contributed by atoms with E-state index < -0.39 is 12.0 Å². The van der Waals surface area contributed by atoms with Gasteiger partial charge in [-0.05, 0) is 24.7 Å². The van der Waals surface area contributed by atoms with Crippen molar-refractivity contribution in [1.29, 1.82) is 0 Å². The molecular formula is C12H22N2O3. The van der Waals surface area contributed by atoms with Gasteiger partial charge in [-0.15, -0.1) is 0 Å². The summed E-state index contributed by atoms with van der Waals surface area (Å²) >= 11 is 0. The number of carboxylic acid groups (broad SMARTS) is 1. The highest BCUT2D eigenvalue weighted by atomic mass is 16.4. The van der Waals surface area contributed by atoms with Crippen LogP contribution in [0.15, 0.2) is 0 Å². The van der Waals surface area contributed by atoms with Crippen LogP contribution in [0.2, 0.25) is 0 Å². The number of urea groups is 1. The molecule has 5 heteroatoms. The zero-order valence-electron chi connectivity index (χ0n) is 10.8. The summed E-state index contributed by atoms with van der Waals surface area (Å²) < 4.78 is 0. The van der Waals surface area contributed by atoms with Crippen LogP contribution < -0.4 is 5.32 Å². The number of carbonyl (C=O) groups is 2. The first-order chi connectivity index (χ1) is 7.93. The summed E-state index contributed by atoms with van der Waals surface area (Å²) in [5, 5.41) is 11.5. The van der Waals surface area contributed by atoms with E-state index in [4.69, 9.17) is 5.11 Å². The van der Waals surface area contributed by atoms with Crippen molar-refractivity contribution in [3.63, 3.8) is 0 Å². The molecule has 0 aromatic heterocycles. The Labute approximate surface area is 102 Å². The van der Waals surface area contributed by atoms with Gasteiger partial charge in [0.1, 0.15) is 6.04 Å². The maximum Gasteiger partial charge on any atom is 0.326 e. The van der Waals surface area contributed by atoms with E-state index in [0.29, 0.717) is 31.3 Å². The predicted molar refractivity (Wildman–Crippen MR) is 64.8 cm³/mol. The van der Waals surface area contributed by atoms with Gasteiger partial charge in [0.2, 0.25) is 0 Å². The lowest BCUT2D eigenvalue weighted by Gasteiger charge is -2.35. The first kappa shape index (κ1) is 13.8. The number of hydrogen-bond acceptors (Lipinski definition) is 2. The molecule has 0 saturated carbocycles. The number of aliphatic carboxylic acids is 1. The highest BCUT2D eigenvalue weighted by Gasteiger charge is 2.27. The highest BCUT2D eigenvalue weighted by Crippen LogP contribution is 2.20. The summed E-state index contributed by atoms with van der Waals surface area (Å²) in [6.45, 7) is 7.41. The van der Waals surface area contributed by atoms with Crippen molar-refractivity contribution in [2.45, 2.75) is 39.7 Å². The number of nitrogens with one attached hydrogen (secondary N) is 1. The van der Waals surface area contributed by atoms with Crippen LogP contribution in [0.1, 0.15) is 33.6 Å². The van der Waals surface area contributed by atoms with E-state index in [1.807, 2.05) is 0 Å². The molecule has 1 fully saturated rings. The Kier molecular flexibility index (Phi) is 4.78. The minimum absolute atomic E-state index is 0.252. The second kappa shape index (κ2) is 5.89. The van der Waals surface area contributed by atoms with Gasteiger partial charge >= 0.3 is 12.0 Å². The number of carbonyl (C=O) groups excluding carboxylic acids is 1. The van der Waals surface area contributed by atoms with Crippen LogP contribution >= 0.6 is 0 Å². The zero-order chi connectivity index (χ0) is 13.0. The topological polar surface area (TPSA) is 69.6 Å². The van der Waals surface area contributed by atoms with Crippen molar-refractivity contribution < 1.29 is 14.7 Å². The monoisotopic (exact) mass is 242 g/mol. The Morgan fingerprint density at radius 2 is 1.88 bits per heavy atom. The van der Waals surface area contributed by atoms with Crippen molar-refractivity contribution in [2.75, 3.05) is 13.1 Å². The van der Waals surface area contributed by atoms with Gasteiger partial charge < -0.3 is 15.3 Å². The molecule has 2 N–H and O–H groups in total. The van der Waals surface area contributed by atoms with E-state index in [1.165, 1.54) is 0 Å². The molecule has 0 aromatic carbocycles. The lowest BCUT2D eigenvalue weighted by Crippen LogP contribution is -2.51. The molecule has 1 saturated heterocycles. The zero-order valence-corrected chi connectivity index (χ0v) is 10.8. The van der Waals surface area contributed by atoms with Crippen LogP contribution in [0, 0.1) is 11.8 Å². The van der Waals surface area contributed by atoms with Crippen LogP contribution in [0.25, 0.3) is 0 Å². The minimum atomic E-state index is -0.973. The summed E-state index contributed by atoms with van der Waals surface area (Å²) in [5.41, 5.74) is 0. The third-order valence-corrected chi connectivity index (χ3v) is 3.16. The number of likely N-dealkylation sites (tertiary alicyclic amines) is 1. The molecule has 98 valence electrons. The van der Waals surface area contributed by atoms with Gasteiger partial charge in [0.05, 0.1) is 0 Å². The van der Waals surface area contributed by atoms with Crippen molar-refractivity contribution in [3.05, 3.63) is 0 Å². The smallest absolute Gasteiger partial charge is 0.326 e. The molecule has 0 bridgehead atoms. The van der Waals surface area contributed by atoms with Gasteiger partial charge in [0, 0.05) is 13.1 Å². The van der Waals surface area contributed by atoms with Crippen molar-refractivity contribution in [2.24, 2.45) is 11.8 Å². The molecule has 2 amide bonds. The Hall–Kier alpha value is -1.26. The van der Waals surface area contributed by atoms with Crippen LogP contribution in [0.5, 0.6) is 0 Å². The molecule has 0 aliphatic carbocycles. The van der Waals surface area contributed by atoms with Gasteiger partial charge in [0.25, 0.3) is 0 Å². The van der Waals surface area contributed by atoms with Gasteiger partial charge in [-0.2, -0.15) is 0 Å². The predicted octanol–water partition coefficient (Wildman–Crippen LogP) is 1.54. The molecule has 0 aromatic rings. The molecule has 1 rings (SSSR count). The normalized spacial score (nSPS) is 26.4. The summed E-state index contributed by atoms with van der Waals surface area (Å²) in [6.07, 6.45) is 1.53. The quantitative estimate of drug-likeness (QED) is 0.788. The maximum atomic E-state index is 11.9. The number of rotatable bonds is 3. The van der Waals surface area contributed by atoms with Crippen molar-refractivity contribution in [3.8, 4) is 0 Å². The van der Waals surface area contributed by atoms with Crippen molar-refractivity contribution >= 4 is 12.0 Å². The molecule has 17 heavy (non-hydrogen) atoms. The minimum Gasteiger partial charge on any atom is -0.480 e. The van der Waals surface area contributed by atoms with Gasteiger partial charge in [-0.1, -0.05) is 20.8 Å². The molecule has 3 atom stereocenters. The summed E-state index contributed by atoms with van der Waals surface area (Å²) in [4.78, 5) is 24.5. The van der Waals surface area contributed by atoms with Crippen LogP contribution in [0.4, 0.5) is 4.79 Å². The van der Waals surface area contributed by atoms with E-state index in [9.17, 15) is 9.59 Å². The number of hydrogen-bond donors (Lipinski definition) is 2. The van der Waals surface area contributed by atoms with E-state index in [1.54, 1.807) is 11.8 Å². The molecule has 0 radical (unpaired) electrons. The molecule has 0 spiro atoms. The third-order valence-electron chi connectivity index (χ3n) is 3.16. The largest absolute Gasteiger partial charge is 0.480 e. The first-order valence-electron chi connectivity index (χ1n) is 6.22. The molecule has 2 unspecified atom stereocenters. The Morgan fingerprint density at radius 1 is 1.35 bits per heavy atom. The second-order valence-electron chi connectivity index (χ2n) is 5.10. The molecule has 1 aliphatic rings. The van der Waals surface area contributed by atoms with Gasteiger partial charge in [-0.25, -0.2) is 9.59 Å². The fourth-order valence-electron chi connectivity index (χ4n) is 2.41. The van der Waals surface area contributed by atoms with Gasteiger partial charge in [-0.3, -0.25) is 0 Å². The number of amides is 2. The maximum absolute atomic E-state index is 11.9. The second-order valence-corrected chi connectivity index (χ2v) is 5.10. The summed E-state index contributed by atoms with van der Waals surface area (Å²) in [6, 6.07) is -1.03. The fraction of sp³-hybridized carbons (Fsp3) is 0.833. The van der Waals surface area contributed by atoms with Crippen LogP contribution in [-0.4, -0.2) is 41.1 Å². The van der Waals surface area contributed by atoms with Crippen LogP contribution in [-0.2, 0) is 4.79 Å². The number of piperidine rings is 1. The third kappa shape index (κ3) is 3.91. The lowest BCUT2D eigenvalue weighted by atomic mass is 9.92. The van der Waals surface area contributed by atoms with E-state index in [2.05, 4.69) is 19.2 Å². The Morgan fingerprint density at radius 3 is 2.29 bits per heavy atom. The van der Waals surface area contributed by atoms with E-state index >= 15 is 0 Å². The van der Waals surface area contributed by atoms with Gasteiger partial charge in [0.15, 0.2) is 0 Å². The SMILES string of the molecule is CC[C@@H](NC(=O)N1CC(C)CC(C)C1)C(=O)O. The first-order valence-corrected chi connectivity index (χ1v) is 6.22. The number of carboxylic acids is 1. The number of nitrogens with zero attached hydrogens (tertiary/aromatic N) is 1. The molecular weight excluding hydrogens is 220 g/mol. The molecule has 1 aliphatic heterocycles. The average Bonchev–Trinajstić information content (AvgIpc) is 2.23. The van der Waals surface area contributed by atoms with E-state index in [-0.39, 0.29) is 6.03 Å². The van der Waals surface area contributed by atoms with Crippen LogP contribution in [0.3, 0.4) is 0 Å².